The molecule has 2 aromatic rings. The fourth-order valence-corrected chi connectivity index (χ4v) is 5.72. The van der Waals surface area contributed by atoms with Crippen molar-refractivity contribution in [1.82, 2.24) is 4.90 Å². The van der Waals surface area contributed by atoms with E-state index in [1.54, 1.807) is 0 Å². The summed E-state index contributed by atoms with van der Waals surface area (Å²) in [6.45, 7) is 7.04. The van der Waals surface area contributed by atoms with Crippen LogP contribution in [-0.2, 0) is 11.2 Å². The fourth-order valence-electron chi connectivity index (χ4n) is 3.64. The summed E-state index contributed by atoms with van der Waals surface area (Å²) in [6.07, 6.45) is 6.18. The summed E-state index contributed by atoms with van der Waals surface area (Å²) in [5.74, 6) is -0.845. The number of carbonyl (C=O) groups is 1. The summed E-state index contributed by atoms with van der Waals surface area (Å²) >= 11 is 3.64. The van der Waals surface area contributed by atoms with E-state index in [0.29, 0.717) is 6.54 Å². The van der Waals surface area contributed by atoms with E-state index in [2.05, 4.69) is 47.7 Å². The van der Waals surface area contributed by atoms with Gasteiger partial charge in [0.25, 0.3) is 0 Å². The van der Waals surface area contributed by atoms with E-state index >= 15 is 0 Å². The van der Waals surface area contributed by atoms with Crippen LogP contribution < -0.4 is 0 Å². The Morgan fingerprint density at radius 2 is 2.08 bits per heavy atom. The van der Waals surface area contributed by atoms with Gasteiger partial charge < -0.3 is 10.0 Å². The van der Waals surface area contributed by atoms with Crippen LogP contribution in [0, 0.1) is 12.8 Å². The van der Waals surface area contributed by atoms with Crippen LogP contribution in [0.15, 0.2) is 29.0 Å². The Kier molecular flexibility index (Phi) is 6.68. The zero-order valence-corrected chi connectivity index (χ0v) is 17.2. The van der Waals surface area contributed by atoms with Gasteiger partial charge in [-0.2, -0.15) is 0 Å². The highest BCUT2D eigenvalue weighted by atomic mass is 32.1. The largest absolute Gasteiger partial charge is 0.481 e. The first-order valence-electron chi connectivity index (χ1n) is 9.36. The highest BCUT2D eigenvalue weighted by Crippen LogP contribution is 2.36. The van der Waals surface area contributed by atoms with Crippen molar-refractivity contribution in [2.45, 2.75) is 39.5 Å². The fraction of sp³-hybridized carbons (Fsp3) is 0.476. The zero-order chi connectivity index (χ0) is 18.5. The molecule has 1 aliphatic rings. The average Bonchev–Trinajstić information content (AvgIpc) is 3.28. The number of carboxylic acid groups (broad SMARTS) is 1. The average molecular weight is 390 g/mol. The highest BCUT2D eigenvalue weighted by Gasteiger charge is 2.24. The molecular formula is C21H27NO2S2. The number of piperidine rings is 1. The van der Waals surface area contributed by atoms with Crippen molar-refractivity contribution in [3.63, 3.8) is 0 Å². The first-order valence-corrected chi connectivity index (χ1v) is 11.1. The topological polar surface area (TPSA) is 40.5 Å². The number of carboxylic acids is 1. The van der Waals surface area contributed by atoms with Gasteiger partial charge in [0.2, 0.25) is 0 Å². The second-order valence-electron chi connectivity index (χ2n) is 6.95. The Morgan fingerprint density at radius 1 is 1.31 bits per heavy atom. The van der Waals surface area contributed by atoms with Crippen LogP contribution >= 0.6 is 22.7 Å². The van der Waals surface area contributed by atoms with Crippen molar-refractivity contribution in [3.05, 3.63) is 49.9 Å². The summed E-state index contributed by atoms with van der Waals surface area (Å²) in [5.41, 5.74) is 4.11. The van der Waals surface area contributed by atoms with Crippen molar-refractivity contribution in [2.24, 2.45) is 5.92 Å². The number of aryl methyl sites for hydroxylation is 2. The monoisotopic (exact) mass is 389 g/mol. The summed E-state index contributed by atoms with van der Waals surface area (Å²) in [6, 6.07) is 4.42. The molecule has 3 rings (SSSR count). The van der Waals surface area contributed by atoms with Gasteiger partial charge in [-0.3, -0.25) is 4.79 Å². The molecule has 1 unspecified atom stereocenters. The second kappa shape index (κ2) is 8.98. The van der Waals surface area contributed by atoms with Gasteiger partial charge in [0.05, 0.1) is 5.92 Å². The van der Waals surface area contributed by atoms with E-state index in [-0.39, 0.29) is 5.92 Å². The Balaban J connectivity index is 1.75. The number of thiophene rings is 2. The van der Waals surface area contributed by atoms with Crippen LogP contribution in [0.5, 0.6) is 0 Å². The normalized spacial score (nSPS) is 19.0. The van der Waals surface area contributed by atoms with Gasteiger partial charge in [-0.15, -0.1) is 22.7 Å². The van der Waals surface area contributed by atoms with Crippen LogP contribution in [0.3, 0.4) is 0 Å². The van der Waals surface area contributed by atoms with E-state index in [0.717, 1.165) is 38.8 Å². The molecule has 0 saturated carbocycles. The molecular weight excluding hydrogens is 362 g/mol. The number of aliphatic carboxylic acids is 1. The smallest absolute Gasteiger partial charge is 0.307 e. The van der Waals surface area contributed by atoms with Crippen molar-refractivity contribution < 1.29 is 9.90 Å². The van der Waals surface area contributed by atoms with Crippen LogP contribution in [0.2, 0.25) is 0 Å². The Labute approximate surface area is 164 Å². The maximum atomic E-state index is 11.3. The molecule has 1 fully saturated rings. The lowest BCUT2D eigenvalue weighted by molar-refractivity contribution is -0.143. The molecule has 0 amide bonds. The molecule has 1 N–H and O–H groups in total. The molecule has 0 bridgehead atoms. The van der Waals surface area contributed by atoms with Gasteiger partial charge in [0.1, 0.15) is 0 Å². The number of hydrogen-bond donors (Lipinski definition) is 1. The predicted molar refractivity (Wildman–Crippen MR) is 111 cm³/mol. The van der Waals surface area contributed by atoms with Gasteiger partial charge in [0, 0.05) is 28.4 Å². The maximum absolute atomic E-state index is 11.3. The van der Waals surface area contributed by atoms with Crippen molar-refractivity contribution in [2.75, 3.05) is 19.6 Å². The molecule has 0 aliphatic carbocycles. The third kappa shape index (κ3) is 4.45. The highest BCUT2D eigenvalue weighted by molar-refractivity contribution is 7.14. The Morgan fingerprint density at radius 3 is 2.77 bits per heavy atom. The summed E-state index contributed by atoms with van der Waals surface area (Å²) < 4.78 is 0. The number of likely N-dealkylation sites (tertiary alicyclic amines) is 1. The lowest BCUT2D eigenvalue weighted by Crippen LogP contribution is -2.39. The van der Waals surface area contributed by atoms with Crippen LogP contribution in [0.1, 0.15) is 47.1 Å². The van der Waals surface area contributed by atoms with Crippen molar-refractivity contribution in [1.29, 1.82) is 0 Å². The first kappa shape index (κ1) is 19.3. The van der Waals surface area contributed by atoms with Gasteiger partial charge >= 0.3 is 5.97 Å². The number of hydrogen-bond acceptors (Lipinski definition) is 4. The van der Waals surface area contributed by atoms with Crippen LogP contribution in [0.25, 0.3) is 5.57 Å². The second-order valence-corrected chi connectivity index (χ2v) is 8.78. The summed E-state index contributed by atoms with van der Waals surface area (Å²) in [5, 5.41) is 13.6. The van der Waals surface area contributed by atoms with Gasteiger partial charge in [-0.05, 0) is 73.2 Å². The first-order chi connectivity index (χ1) is 12.6. The minimum absolute atomic E-state index is 0.198. The maximum Gasteiger partial charge on any atom is 0.307 e. The molecule has 26 heavy (non-hydrogen) atoms. The molecule has 5 heteroatoms. The third-order valence-electron chi connectivity index (χ3n) is 5.13. The molecule has 1 aliphatic heterocycles. The van der Waals surface area contributed by atoms with E-state index in [1.165, 1.54) is 26.5 Å². The van der Waals surface area contributed by atoms with Gasteiger partial charge in [0.15, 0.2) is 0 Å². The molecule has 1 atom stereocenters. The molecule has 2 aromatic heterocycles. The lowest BCUT2D eigenvalue weighted by Gasteiger charge is -2.30. The molecule has 0 radical (unpaired) electrons. The summed E-state index contributed by atoms with van der Waals surface area (Å²) in [4.78, 5) is 16.3. The van der Waals surface area contributed by atoms with Crippen LogP contribution in [0.4, 0.5) is 0 Å². The molecule has 0 aromatic carbocycles. The zero-order valence-electron chi connectivity index (χ0n) is 15.5. The quantitative estimate of drug-likeness (QED) is 0.699. The Hall–Kier alpha value is -1.43. The van der Waals surface area contributed by atoms with Crippen molar-refractivity contribution in [3.8, 4) is 0 Å². The standard InChI is InChI=1S/C21H27NO2S2/c1-3-16-9-13-26-20(16)18(19-15(2)8-12-25-19)7-5-11-22-10-4-6-17(14-22)21(23)24/h7-9,12-13,17H,3-6,10-11,14H2,1-2H3,(H,23,24). The molecule has 3 nitrogen and oxygen atoms in total. The lowest BCUT2D eigenvalue weighted by atomic mass is 9.98. The molecule has 140 valence electrons. The Bertz CT molecular complexity index is 775. The van der Waals surface area contributed by atoms with E-state index in [1.807, 2.05) is 22.7 Å². The molecule has 1 saturated heterocycles. The third-order valence-corrected chi connectivity index (χ3v) is 7.17. The number of rotatable bonds is 7. The minimum atomic E-state index is -0.647. The predicted octanol–water partition coefficient (Wildman–Crippen LogP) is 5.30. The van der Waals surface area contributed by atoms with E-state index < -0.39 is 5.97 Å². The summed E-state index contributed by atoms with van der Waals surface area (Å²) in [7, 11) is 0. The van der Waals surface area contributed by atoms with Crippen molar-refractivity contribution >= 4 is 34.2 Å². The molecule has 0 spiro atoms. The SMILES string of the molecule is CCc1ccsc1C(=CCCN1CCCC(C(=O)O)C1)c1sccc1C. The van der Waals surface area contributed by atoms with Gasteiger partial charge in [-0.1, -0.05) is 13.0 Å². The van der Waals surface area contributed by atoms with Gasteiger partial charge in [-0.25, -0.2) is 0 Å². The van der Waals surface area contributed by atoms with E-state index in [4.69, 9.17) is 0 Å². The minimum Gasteiger partial charge on any atom is -0.481 e. The van der Waals surface area contributed by atoms with Crippen LogP contribution in [-0.4, -0.2) is 35.6 Å². The number of nitrogens with zero attached hydrogens (tertiary/aromatic N) is 1. The van der Waals surface area contributed by atoms with E-state index in [9.17, 15) is 9.90 Å². The molecule has 3 heterocycles.